The number of carbonyl (C=O) groups excluding carboxylic acids is 1. The summed E-state index contributed by atoms with van der Waals surface area (Å²) >= 11 is 5.90. The Balaban J connectivity index is 1.26. The van der Waals surface area contributed by atoms with Crippen molar-refractivity contribution in [2.24, 2.45) is 0 Å². The largest absolute Gasteiger partial charge is 0.497 e. The summed E-state index contributed by atoms with van der Waals surface area (Å²) in [6.07, 6.45) is 2.29. The molecule has 2 heterocycles. The lowest BCUT2D eigenvalue weighted by molar-refractivity contribution is -0.121. The molecule has 0 fully saturated rings. The topological polar surface area (TPSA) is 106 Å². The van der Waals surface area contributed by atoms with E-state index >= 15 is 0 Å². The second-order valence-electron chi connectivity index (χ2n) is 6.74. The number of hydrogen-bond donors (Lipinski definition) is 2. The summed E-state index contributed by atoms with van der Waals surface area (Å²) in [5.74, 6) is 2.90. The lowest BCUT2D eigenvalue weighted by Gasteiger charge is -2.01. The van der Waals surface area contributed by atoms with Crippen LogP contribution in [0.25, 0.3) is 22.7 Å². The number of oxazole rings is 1. The van der Waals surface area contributed by atoms with Crippen molar-refractivity contribution in [3.63, 3.8) is 0 Å². The number of methoxy groups -OCH3 is 1. The van der Waals surface area contributed by atoms with Crippen molar-refractivity contribution in [3.05, 3.63) is 71.5 Å². The van der Waals surface area contributed by atoms with Gasteiger partial charge in [0.1, 0.15) is 11.6 Å². The molecule has 0 unspecified atom stereocenters. The fourth-order valence-electron chi connectivity index (χ4n) is 2.91. The number of aryl methyl sites for hydroxylation is 1. The molecule has 0 radical (unpaired) electrons. The Morgan fingerprint density at radius 2 is 1.87 bits per heavy atom. The fourth-order valence-corrected chi connectivity index (χ4v) is 3.03. The number of benzene rings is 2. The Kier molecular flexibility index (Phi) is 6.28. The molecular weight excluding hydrogens is 418 g/mol. The third kappa shape index (κ3) is 5.29. The molecule has 8 nitrogen and oxygen atoms in total. The summed E-state index contributed by atoms with van der Waals surface area (Å²) in [6, 6.07) is 14.7. The lowest BCUT2D eigenvalue weighted by Crippen LogP contribution is -2.23. The molecule has 2 aromatic heterocycles. The number of amides is 1. The molecule has 158 valence electrons. The van der Waals surface area contributed by atoms with Crippen LogP contribution < -0.4 is 10.1 Å². The monoisotopic (exact) mass is 437 g/mol. The van der Waals surface area contributed by atoms with E-state index in [-0.39, 0.29) is 18.9 Å². The maximum atomic E-state index is 12.2. The van der Waals surface area contributed by atoms with Gasteiger partial charge in [-0.15, -0.1) is 0 Å². The number of aromatic nitrogens is 4. The molecule has 2 aromatic carbocycles. The van der Waals surface area contributed by atoms with Gasteiger partial charge in [-0.3, -0.25) is 9.89 Å². The normalized spacial score (nSPS) is 10.8. The molecule has 0 bridgehead atoms. The zero-order valence-corrected chi connectivity index (χ0v) is 17.5. The summed E-state index contributed by atoms with van der Waals surface area (Å²) in [6.45, 7) is 0.254. The van der Waals surface area contributed by atoms with Crippen molar-refractivity contribution in [1.29, 1.82) is 0 Å². The van der Waals surface area contributed by atoms with Crippen LogP contribution in [-0.2, 0) is 17.8 Å². The number of rotatable bonds is 8. The Morgan fingerprint density at radius 3 is 2.61 bits per heavy atom. The van der Waals surface area contributed by atoms with Gasteiger partial charge in [-0.25, -0.2) is 9.97 Å². The number of nitrogens with one attached hydrogen (secondary N) is 2. The van der Waals surface area contributed by atoms with Gasteiger partial charge >= 0.3 is 0 Å². The predicted octanol–water partition coefficient (Wildman–Crippen LogP) is 4.04. The van der Waals surface area contributed by atoms with Crippen LogP contribution in [0.1, 0.15) is 18.1 Å². The Bertz CT molecular complexity index is 1150. The average molecular weight is 438 g/mol. The van der Waals surface area contributed by atoms with E-state index in [1.807, 2.05) is 36.4 Å². The molecule has 0 spiro atoms. The summed E-state index contributed by atoms with van der Waals surface area (Å²) in [5, 5.41) is 10.5. The van der Waals surface area contributed by atoms with Gasteiger partial charge in [-0.2, -0.15) is 5.10 Å². The summed E-state index contributed by atoms with van der Waals surface area (Å²) in [4.78, 5) is 20.8. The van der Waals surface area contributed by atoms with E-state index in [0.29, 0.717) is 34.7 Å². The van der Waals surface area contributed by atoms with E-state index in [2.05, 4.69) is 25.5 Å². The van der Waals surface area contributed by atoms with Crippen LogP contribution in [0.4, 0.5) is 0 Å². The minimum Gasteiger partial charge on any atom is -0.497 e. The average Bonchev–Trinajstić information content (AvgIpc) is 3.47. The van der Waals surface area contributed by atoms with Crippen molar-refractivity contribution >= 4 is 17.5 Å². The predicted molar refractivity (Wildman–Crippen MR) is 115 cm³/mol. The molecule has 0 aliphatic heterocycles. The molecule has 0 atom stereocenters. The Labute approximate surface area is 183 Å². The van der Waals surface area contributed by atoms with Gasteiger partial charge < -0.3 is 14.5 Å². The van der Waals surface area contributed by atoms with Gasteiger partial charge in [0.05, 0.1) is 19.9 Å². The maximum Gasteiger partial charge on any atom is 0.220 e. The molecule has 9 heteroatoms. The first-order chi connectivity index (χ1) is 15.1. The van der Waals surface area contributed by atoms with E-state index in [9.17, 15) is 4.79 Å². The van der Waals surface area contributed by atoms with Gasteiger partial charge in [-0.1, -0.05) is 11.6 Å². The number of hydrogen-bond acceptors (Lipinski definition) is 6. The number of H-pyrrole nitrogens is 1. The molecule has 0 aliphatic rings. The van der Waals surface area contributed by atoms with Crippen molar-refractivity contribution in [3.8, 4) is 28.5 Å². The van der Waals surface area contributed by atoms with Crippen molar-refractivity contribution < 1.29 is 13.9 Å². The van der Waals surface area contributed by atoms with Crippen molar-refractivity contribution in [1.82, 2.24) is 25.5 Å². The SMILES string of the molecule is COc1ccc(-c2n[nH]c(CNC(=O)CCc3ncc(-c4ccc(Cl)cc4)o3)n2)cc1. The van der Waals surface area contributed by atoms with Crippen LogP contribution in [-0.4, -0.2) is 33.2 Å². The summed E-state index contributed by atoms with van der Waals surface area (Å²) in [5.41, 5.74) is 1.74. The number of halogens is 1. The first kappa shape index (κ1) is 20.6. The highest BCUT2D eigenvalue weighted by Gasteiger charge is 2.11. The first-order valence-electron chi connectivity index (χ1n) is 9.64. The molecule has 4 rings (SSSR count). The molecule has 31 heavy (non-hydrogen) atoms. The highest BCUT2D eigenvalue weighted by Crippen LogP contribution is 2.23. The third-order valence-electron chi connectivity index (χ3n) is 4.58. The van der Waals surface area contributed by atoms with Crippen LogP contribution in [0.3, 0.4) is 0 Å². The zero-order valence-electron chi connectivity index (χ0n) is 16.8. The van der Waals surface area contributed by atoms with Gasteiger partial charge in [0, 0.05) is 29.0 Å². The van der Waals surface area contributed by atoms with Gasteiger partial charge in [0.25, 0.3) is 0 Å². The van der Waals surface area contributed by atoms with Crippen LogP contribution in [0, 0.1) is 0 Å². The van der Waals surface area contributed by atoms with Gasteiger partial charge in [0.2, 0.25) is 5.91 Å². The van der Waals surface area contributed by atoms with Crippen LogP contribution >= 0.6 is 11.6 Å². The molecule has 0 saturated carbocycles. The highest BCUT2D eigenvalue weighted by molar-refractivity contribution is 6.30. The standard InChI is InChI=1S/C22H20ClN5O3/c1-30-17-8-4-15(5-9-17)22-26-19(27-28-22)13-24-20(29)10-11-21-25-12-18(31-21)14-2-6-16(23)7-3-14/h2-9,12H,10-11,13H2,1H3,(H,24,29)(H,26,27,28). The number of carbonyl (C=O) groups is 1. The zero-order chi connectivity index (χ0) is 21.6. The molecule has 1 amide bonds. The van der Waals surface area contributed by atoms with Crippen LogP contribution in [0.2, 0.25) is 5.02 Å². The summed E-state index contributed by atoms with van der Waals surface area (Å²) in [7, 11) is 1.61. The molecule has 0 saturated heterocycles. The first-order valence-corrected chi connectivity index (χ1v) is 10.0. The molecule has 2 N–H and O–H groups in total. The van der Waals surface area contributed by atoms with Crippen molar-refractivity contribution in [2.75, 3.05) is 7.11 Å². The van der Waals surface area contributed by atoms with E-state index in [4.69, 9.17) is 20.8 Å². The van der Waals surface area contributed by atoms with E-state index in [1.54, 1.807) is 25.4 Å². The van der Waals surface area contributed by atoms with E-state index in [1.165, 1.54) is 0 Å². The Morgan fingerprint density at radius 1 is 1.13 bits per heavy atom. The number of ether oxygens (including phenoxy) is 1. The molecular formula is C22H20ClN5O3. The molecule has 4 aromatic rings. The number of nitrogens with zero attached hydrogens (tertiary/aromatic N) is 3. The Hall–Kier alpha value is -3.65. The van der Waals surface area contributed by atoms with Crippen LogP contribution in [0.15, 0.2) is 59.1 Å². The maximum absolute atomic E-state index is 12.2. The minimum absolute atomic E-state index is 0.131. The van der Waals surface area contributed by atoms with E-state index in [0.717, 1.165) is 16.9 Å². The second kappa shape index (κ2) is 9.44. The van der Waals surface area contributed by atoms with Crippen LogP contribution in [0.5, 0.6) is 5.75 Å². The van der Waals surface area contributed by atoms with Gasteiger partial charge in [-0.05, 0) is 48.5 Å². The lowest BCUT2D eigenvalue weighted by atomic mass is 10.2. The molecule has 0 aliphatic carbocycles. The number of aromatic amines is 1. The van der Waals surface area contributed by atoms with E-state index < -0.39 is 0 Å². The fraction of sp³-hybridized carbons (Fsp3) is 0.182. The van der Waals surface area contributed by atoms with Gasteiger partial charge in [0.15, 0.2) is 17.5 Å². The minimum atomic E-state index is -0.131. The second-order valence-corrected chi connectivity index (χ2v) is 7.17. The summed E-state index contributed by atoms with van der Waals surface area (Å²) < 4.78 is 10.9. The van der Waals surface area contributed by atoms with Crippen molar-refractivity contribution in [2.45, 2.75) is 19.4 Å². The quantitative estimate of drug-likeness (QED) is 0.431. The highest BCUT2D eigenvalue weighted by atomic mass is 35.5. The smallest absolute Gasteiger partial charge is 0.220 e. The third-order valence-corrected chi connectivity index (χ3v) is 4.83.